The molecule has 1 aromatic heterocycles. The average Bonchev–Trinajstić information content (AvgIpc) is 3.01. The normalized spacial score (nSPS) is 18.0. The molecule has 1 atom stereocenters. The molecular formula is C14H15Cl2N3O5S. The Labute approximate surface area is 152 Å². The largest absolute Gasteiger partial charge is 0.376 e. The number of nitrogens with one attached hydrogen (secondary N) is 2. The van der Waals surface area contributed by atoms with Crippen molar-refractivity contribution in [2.75, 3.05) is 23.7 Å². The Morgan fingerprint density at radius 3 is 2.56 bits per heavy atom. The van der Waals surface area contributed by atoms with Crippen molar-refractivity contribution in [3.05, 3.63) is 36.8 Å². The van der Waals surface area contributed by atoms with Gasteiger partial charge >= 0.3 is 11.1 Å². The van der Waals surface area contributed by atoms with E-state index in [9.17, 15) is 18.0 Å². The van der Waals surface area contributed by atoms with E-state index >= 15 is 0 Å². The molecule has 0 bridgehead atoms. The topological polar surface area (TPSA) is 112 Å². The van der Waals surface area contributed by atoms with E-state index < -0.39 is 21.1 Å². The summed E-state index contributed by atoms with van der Waals surface area (Å²) in [4.78, 5) is 28.0. The van der Waals surface area contributed by atoms with E-state index in [1.54, 1.807) is 0 Å². The molecule has 11 heteroatoms. The molecule has 0 radical (unpaired) electrons. The van der Waals surface area contributed by atoms with Crippen molar-refractivity contribution >= 4 is 49.9 Å². The van der Waals surface area contributed by atoms with Gasteiger partial charge in [-0.25, -0.2) is 8.42 Å². The Morgan fingerprint density at radius 1 is 1.28 bits per heavy atom. The van der Waals surface area contributed by atoms with Crippen LogP contribution in [0.2, 0.25) is 10.0 Å². The summed E-state index contributed by atoms with van der Waals surface area (Å²) in [5.41, 5.74) is -1.52. The average molecular weight is 408 g/mol. The highest BCUT2D eigenvalue weighted by molar-refractivity contribution is 7.92. The number of fused-ring (bicyclic) bond motifs is 1. The summed E-state index contributed by atoms with van der Waals surface area (Å²) in [7, 11) is -3.76. The van der Waals surface area contributed by atoms with Crippen LogP contribution in [0.3, 0.4) is 0 Å². The Hall–Kier alpha value is -1.55. The van der Waals surface area contributed by atoms with Crippen molar-refractivity contribution in [1.29, 1.82) is 0 Å². The van der Waals surface area contributed by atoms with E-state index in [1.807, 2.05) is 0 Å². The van der Waals surface area contributed by atoms with Gasteiger partial charge in [0.25, 0.3) is 0 Å². The van der Waals surface area contributed by atoms with Gasteiger partial charge in [0.05, 0.1) is 45.7 Å². The first-order valence-electron chi connectivity index (χ1n) is 7.42. The second-order valence-electron chi connectivity index (χ2n) is 5.78. The minimum Gasteiger partial charge on any atom is -0.376 e. The molecule has 2 aromatic rings. The number of anilines is 1. The molecule has 3 rings (SSSR count). The van der Waals surface area contributed by atoms with Gasteiger partial charge in [-0.3, -0.25) is 13.9 Å². The Balaban J connectivity index is 2.29. The number of aromatic nitrogens is 2. The number of ether oxygens (including phenoxy) is 1. The van der Waals surface area contributed by atoms with E-state index in [1.165, 1.54) is 6.07 Å². The summed E-state index contributed by atoms with van der Waals surface area (Å²) < 4.78 is 31.3. The zero-order valence-electron chi connectivity index (χ0n) is 13.1. The van der Waals surface area contributed by atoms with Crippen LogP contribution in [-0.4, -0.2) is 43.9 Å². The molecule has 0 spiro atoms. The Kier molecular flexibility index (Phi) is 4.84. The summed E-state index contributed by atoms with van der Waals surface area (Å²) in [6, 6.07) is 1.35. The van der Waals surface area contributed by atoms with Gasteiger partial charge in [-0.2, -0.15) is 0 Å². The number of halogens is 2. The fourth-order valence-electron chi connectivity index (χ4n) is 2.79. The zero-order chi connectivity index (χ0) is 18.4. The maximum atomic E-state index is 12.4. The van der Waals surface area contributed by atoms with Crippen LogP contribution in [0, 0.1) is 0 Å². The molecule has 25 heavy (non-hydrogen) atoms. The summed E-state index contributed by atoms with van der Waals surface area (Å²) in [6.45, 7) is 0.575. The molecule has 1 saturated heterocycles. The highest BCUT2D eigenvalue weighted by atomic mass is 35.5. The quantitative estimate of drug-likeness (QED) is 0.744. The number of nitrogens with zero attached hydrogens (tertiary/aromatic N) is 1. The lowest BCUT2D eigenvalue weighted by Crippen LogP contribution is -2.38. The van der Waals surface area contributed by atoms with Crippen molar-refractivity contribution in [2.24, 2.45) is 0 Å². The summed E-state index contributed by atoms with van der Waals surface area (Å²) >= 11 is 12.4. The highest BCUT2D eigenvalue weighted by Crippen LogP contribution is 2.39. The number of aromatic amines is 2. The van der Waals surface area contributed by atoms with Gasteiger partial charge in [-0.1, -0.05) is 23.2 Å². The van der Waals surface area contributed by atoms with Gasteiger partial charge < -0.3 is 14.7 Å². The van der Waals surface area contributed by atoms with Crippen LogP contribution in [-0.2, 0) is 14.8 Å². The molecule has 1 aliphatic rings. The standard InChI is InChI=1S/C14H15Cl2N3O5S/c1-25(22,23)19(6-7-3-2-4-24-7)12-10(16)8(15)5-9-11(12)18-14(21)13(20)17-9/h5,7H,2-4,6H2,1H3,(H,17,20)(H,18,21). The van der Waals surface area contributed by atoms with E-state index in [4.69, 9.17) is 27.9 Å². The Morgan fingerprint density at radius 2 is 1.96 bits per heavy atom. The molecule has 0 saturated carbocycles. The zero-order valence-corrected chi connectivity index (χ0v) is 15.5. The lowest BCUT2D eigenvalue weighted by molar-refractivity contribution is 0.118. The van der Waals surface area contributed by atoms with E-state index in [2.05, 4.69) is 9.97 Å². The van der Waals surface area contributed by atoms with Crippen LogP contribution >= 0.6 is 23.2 Å². The smallest absolute Gasteiger partial charge is 0.314 e. The molecule has 8 nitrogen and oxygen atoms in total. The second-order valence-corrected chi connectivity index (χ2v) is 8.47. The van der Waals surface area contributed by atoms with Gasteiger partial charge in [-0.05, 0) is 18.9 Å². The van der Waals surface area contributed by atoms with Gasteiger partial charge in [-0.15, -0.1) is 0 Å². The third-order valence-electron chi connectivity index (χ3n) is 3.93. The molecule has 136 valence electrons. The van der Waals surface area contributed by atoms with Gasteiger partial charge in [0.1, 0.15) is 0 Å². The third-order valence-corrected chi connectivity index (χ3v) is 5.84. The van der Waals surface area contributed by atoms with Crippen LogP contribution in [0.15, 0.2) is 15.7 Å². The fourth-order valence-corrected chi connectivity index (χ4v) is 4.24. The fraction of sp³-hybridized carbons (Fsp3) is 0.429. The van der Waals surface area contributed by atoms with Gasteiger partial charge in [0.15, 0.2) is 0 Å². The van der Waals surface area contributed by atoms with Crippen molar-refractivity contribution < 1.29 is 13.2 Å². The monoisotopic (exact) mass is 407 g/mol. The second kappa shape index (κ2) is 6.64. The van der Waals surface area contributed by atoms with Crippen LogP contribution in [0.25, 0.3) is 11.0 Å². The lowest BCUT2D eigenvalue weighted by atomic mass is 10.2. The number of benzene rings is 1. The van der Waals surface area contributed by atoms with Crippen LogP contribution in [0.5, 0.6) is 0 Å². The van der Waals surface area contributed by atoms with Crippen molar-refractivity contribution in [3.8, 4) is 0 Å². The molecule has 1 fully saturated rings. The molecule has 2 heterocycles. The molecule has 0 amide bonds. The number of sulfonamides is 1. The van der Waals surface area contributed by atoms with E-state index in [0.29, 0.717) is 13.0 Å². The van der Waals surface area contributed by atoms with E-state index in [0.717, 1.165) is 17.0 Å². The minimum absolute atomic E-state index is 0.00974. The maximum absolute atomic E-state index is 12.4. The first-order chi connectivity index (χ1) is 11.7. The maximum Gasteiger partial charge on any atom is 0.314 e. The molecule has 1 aromatic carbocycles. The van der Waals surface area contributed by atoms with Crippen LogP contribution in [0.1, 0.15) is 12.8 Å². The number of hydrogen-bond donors (Lipinski definition) is 2. The van der Waals surface area contributed by atoms with Crippen molar-refractivity contribution in [1.82, 2.24) is 9.97 Å². The van der Waals surface area contributed by atoms with E-state index in [-0.39, 0.29) is 39.4 Å². The molecule has 1 aliphatic heterocycles. The number of rotatable bonds is 4. The minimum atomic E-state index is -3.76. The number of hydrogen-bond acceptors (Lipinski definition) is 5. The SMILES string of the molecule is CS(=O)(=O)N(CC1CCCO1)c1c(Cl)c(Cl)cc2[nH]c(=O)c(=O)[nH]c12. The van der Waals surface area contributed by atoms with Gasteiger partial charge in [0, 0.05) is 6.61 Å². The summed E-state index contributed by atoms with van der Waals surface area (Å²) in [6.07, 6.45) is 2.26. The third kappa shape index (κ3) is 3.55. The molecule has 1 unspecified atom stereocenters. The highest BCUT2D eigenvalue weighted by Gasteiger charge is 2.29. The predicted molar refractivity (Wildman–Crippen MR) is 96.4 cm³/mol. The molecule has 0 aliphatic carbocycles. The lowest BCUT2D eigenvalue weighted by Gasteiger charge is -2.27. The molecule has 2 N–H and O–H groups in total. The van der Waals surface area contributed by atoms with Crippen LogP contribution < -0.4 is 15.4 Å². The summed E-state index contributed by atoms with van der Waals surface area (Å²) in [5, 5.41) is 0.00754. The number of H-pyrrole nitrogens is 2. The Bertz CT molecular complexity index is 1040. The summed E-state index contributed by atoms with van der Waals surface area (Å²) in [5.74, 6) is 0. The van der Waals surface area contributed by atoms with Crippen molar-refractivity contribution in [2.45, 2.75) is 18.9 Å². The first kappa shape index (κ1) is 18.2. The first-order valence-corrected chi connectivity index (χ1v) is 10.0. The molecular weight excluding hydrogens is 393 g/mol. The predicted octanol–water partition coefficient (Wildman–Crippen LogP) is 1.47. The van der Waals surface area contributed by atoms with Crippen LogP contribution in [0.4, 0.5) is 5.69 Å². The van der Waals surface area contributed by atoms with Gasteiger partial charge in [0.2, 0.25) is 10.0 Å². The van der Waals surface area contributed by atoms with Crippen molar-refractivity contribution in [3.63, 3.8) is 0 Å².